The number of carbonyl (C=O) groups excluding carboxylic acids is 1. The minimum Gasteiger partial charge on any atom is -0.506 e. The number of rotatable bonds is 8. The minimum atomic E-state index is -3.26. The Kier molecular flexibility index (Phi) is 6.98. The second-order valence-electron chi connectivity index (χ2n) is 7.77. The van der Waals surface area contributed by atoms with Gasteiger partial charge in [0.25, 0.3) is 23.3 Å². The van der Waals surface area contributed by atoms with Gasteiger partial charge in [-0.15, -0.1) is 0 Å². The number of benzene rings is 2. The van der Waals surface area contributed by atoms with Crippen LogP contribution in [0, 0.1) is 0 Å². The summed E-state index contributed by atoms with van der Waals surface area (Å²) in [6, 6.07) is 5.76. The van der Waals surface area contributed by atoms with E-state index in [-0.39, 0.29) is 45.8 Å². The molecule has 1 unspecified atom stereocenters. The van der Waals surface area contributed by atoms with Crippen LogP contribution in [-0.4, -0.2) is 40.1 Å². The van der Waals surface area contributed by atoms with Crippen LogP contribution in [-0.2, 0) is 16.1 Å². The van der Waals surface area contributed by atoms with Crippen LogP contribution in [0.25, 0.3) is 5.69 Å². The summed E-state index contributed by atoms with van der Waals surface area (Å²) >= 11 is 9.75. The van der Waals surface area contributed by atoms with Gasteiger partial charge in [-0.05, 0) is 37.1 Å². The van der Waals surface area contributed by atoms with E-state index in [4.69, 9.17) is 33.7 Å². The summed E-state index contributed by atoms with van der Waals surface area (Å²) in [6.45, 7) is 0. The molecule has 1 amide bonds. The standard InChI is InChI=1S/C20H15Cl2F2N5O7S/c21-10-5-8(28-19(33)26-17(31)14(27-28)16(23)24)6-11(22)15(10)36-9-1-2-13(30)12(7-9)29(37(34)35)20(3-4-20)18(25)32/h1-2,5-7,16,30H,3-4H2,(H2,25,32)(H,34,35)(H,26,31,33). The number of aromatic nitrogens is 3. The van der Waals surface area contributed by atoms with E-state index in [9.17, 15) is 37.0 Å². The first-order valence-electron chi connectivity index (χ1n) is 10.1. The number of aromatic amines is 1. The Morgan fingerprint density at radius 2 is 1.86 bits per heavy atom. The van der Waals surface area contributed by atoms with Crippen molar-refractivity contribution < 1.29 is 32.2 Å². The highest BCUT2D eigenvalue weighted by molar-refractivity contribution is 7.80. The summed E-state index contributed by atoms with van der Waals surface area (Å²) in [6.07, 6.45) is -2.89. The number of carbonyl (C=O) groups is 1. The van der Waals surface area contributed by atoms with Crippen LogP contribution in [0.3, 0.4) is 0 Å². The number of primary amides is 1. The monoisotopic (exact) mass is 577 g/mol. The SMILES string of the molecule is NC(=O)C1(N(c2cc(Oc3c(Cl)cc(-n4nc(C(F)F)c(=O)[nH]c4=O)cc3Cl)ccc2O)S(=O)O)CC1. The molecule has 1 aromatic heterocycles. The molecule has 37 heavy (non-hydrogen) atoms. The predicted molar refractivity (Wildman–Crippen MR) is 128 cm³/mol. The van der Waals surface area contributed by atoms with Crippen LogP contribution in [0.4, 0.5) is 14.5 Å². The third-order valence-electron chi connectivity index (χ3n) is 5.40. The van der Waals surface area contributed by atoms with Gasteiger partial charge in [0.2, 0.25) is 5.91 Å². The molecule has 12 nitrogen and oxygen atoms in total. The Labute approximate surface area is 217 Å². The fraction of sp³-hybridized carbons (Fsp3) is 0.200. The number of aromatic hydroxyl groups is 1. The normalized spacial score (nSPS) is 14.9. The van der Waals surface area contributed by atoms with E-state index in [1.165, 1.54) is 6.07 Å². The maximum Gasteiger partial charge on any atom is 0.349 e. The molecule has 1 atom stereocenters. The number of ether oxygens (including phenoxy) is 1. The van der Waals surface area contributed by atoms with Crippen molar-refractivity contribution in [3.8, 4) is 22.9 Å². The molecule has 4 rings (SSSR count). The first-order chi connectivity index (χ1) is 17.4. The lowest BCUT2D eigenvalue weighted by atomic mass is 10.2. The van der Waals surface area contributed by atoms with Gasteiger partial charge in [-0.2, -0.15) is 9.78 Å². The maximum atomic E-state index is 13.1. The lowest BCUT2D eigenvalue weighted by Gasteiger charge is -2.28. The summed E-state index contributed by atoms with van der Waals surface area (Å²) in [5, 5.41) is 13.2. The summed E-state index contributed by atoms with van der Waals surface area (Å²) < 4.78 is 54.9. The van der Waals surface area contributed by atoms with Crippen molar-refractivity contribution in [1.29, 1.82) is 0 Å². The number of nitrogens with one attached hydrogen (secondary N) is 1. The number of alkyl halides is 2. The Morgan fingerprint density at radius 3 is 2.38 bits per heavy atom. The lowest BCUT2D eigenvalue weighted by Crippen LogP contribution is -2.48. The van der Waals surface area contributed by atoms with Gasteiger partial charge >= 0.3 is 5.69 Å². The number of phenols is 1. The van der Waals surface area contributed by atoms with Crippen LogP contribution in [0.5, 0.6) is 17.2 Å². The van der Waals surface area contributed by atoms with Gasteiger partial charge in [-0.3, -0.25) is 19.1 Å². The Balaban J connectivity index is 1.72. The van der Waals surface area contributed by atoms with Gasteiger partial charge in [0.1, 0.15) is 17.0 Å². The van der Waals surface area contributed by atoms with E-state index in [2.05, 4.69) is 5.10 Å². The molecule has 5 N–H and O–H groups in total. The maximum absolute atomic E-state index is 13.1. The summed E-state index contributed by atoms with van der Waals surface area (Å²) in [5.74, 6) is -1.53. The van der Waals surface area contributed by atoms with Crippen molar-refractivity contribution in [1.82, 2.24) is 14.8 Å². The first kappa shape index (κ1) is 26.5. The fourth-order valence-electron chi connectivity index (χ4n) is 3.48. The van der Waals surface area contributed by atoms with Gasteiger partial charge in [0.15, 0.2) is 11.4 Å². The molecule has 196 valence electrons. The molecule has 1 fully saturated rings. The number of halogens is 4. The third kappa shape index (κ3) is 4.90. The summed E-state index contributed by atoms with van der Waals surface area (Å²) in [5.41, 5.74) is -0.144. The van der Waals surface area contributed by atoms with Gasteiger partial charge < -0.3 is 15.6 Å². The fourth-order valence-corrected chi connectivity index (χ4v) is 4.91. The number of hydrogen-bond donors (Lipinski definition) is 4. The van der Waals surface area contributed by atoms with Gasteiger partial charge in [0.05, 0.1) is 21.4 Å². The van der Waals surface area contributed by atoms with Crippen molar-refractivity contribution >= 4 is 46.1 Å². The molecule has 0 aliphatic heterocycles. The molecule has 3 aromatic rings. The molecule has 1 heterocycles. The zero-order valence-corrected chi connectivity index (χ0v) is 20.5. The molecule has 0 radical (unpaired) electrons. The van der Waals surface area contributed by atoms with Gasteiger partial charge in [0, 0.05) is 6.07 Å². The van der Waals surface area contributed by atoms with Crippen molar-refractivity contribution in [2.45, 2.75) is 24.8 Å². The summed E-state index contributed by atoms with van der Waals surface area (Å²) in [7, 11) is 0. The van der Waals surface area contributed by atoms with Gasteiger partial charge in [-0.1, -0.05) is 23.2 Å². The number of amides is 1. The molecule has 1 aliphatic carbocycles. The van der Waals surface area contributed by atoms with E-state index in [1.807, 2.05) is 0 Å². The Hall–Kier alpha value is -3.53. The topological polar surface area (TPSA) is 181 Å². The van der Waals surface area contributed by atoms with Crippen molar-refractivity contribution in [2.75, 3.05) is 4.31 Å². The average Bonchev–Trinajstić information content (AvgIpc) is 3.59. The van der Waals surface area contributed by atoms with Crippen LogP contribution >= 0.6 is 23.2 Å². The highest BCUT2D eigenvalue weighted by atomic mass is 35.5. The van der Waals surface area contributed by atoms with Crippen LogP contribution in [0.2, 0.25) is 10.0 Å². The third-order valence-corrected chi connectivity index (χ3v) is 6.82. The second kappa shape index (κ2) is 9.74. The molecule has 17 heteroatoms. The molecule has 1 saturated carbocycles. The predicted octanol–water partition coefficient (Wildman–Crippen LogP) is 2.62. The van der Waals surface area contributed by atoms with Crippen molar-refractivity contribution in [2.24, 2.45) is 5.73 Å². The molecule has 2 aromatic carbocycles. The van der Waals surface area contributed by atoms with Crippen molar-refractivity contribution in [3.05, 3.63) is 66.9 Å². The number of hydrogen-bond acceptors (Lipinski definition) is 7. The van der Waals surface area contributed by atoms with Crippen LogP contribution < -0.4 is 26.0 Å². The van der Waals surface area contributed by atoms with E-state index < -0.39 is 51.8 Å². The first-order valence-corrected chi connectivity index (χ1v) is 11.9. The van der Waals surface area contributed by atoms with E-state index in [0.717, 1.165) is 28.6 Å². The number of phenolic OH excluding ortho intramolecular Hbond substituents is 1. The molecule has 0 bridgehead atoms. The highest BCUT2D eigenvalue weighted by Gasteiger charge is 2.56. The van der Waals surface area contributed by atoms with E-state index in [1.54, 1.807) is 4.98 Å². The number of anilines is 1. The smallest absolute Gasteiger partial charge is 0.349 e. The van der Waals surface area contributed by atoms with E-state index in [0.29, 0.717) is 4.68 Å². The molecule has 0 saturated heterocycles. The minimum absolute atomic E-state index is 0.0422. The summed E-state index contributed by atoms with van der Waals surface area (Å²) in [4.78, 5) is 37.3. The second-order valence-corrected chi connectivity index (χ2v) is 9.41. The molecule has 1 aliphatic rings. The number of nitrogens with two attached hydrogens (primary N) is 1. The van der Waals surface area contributed by atoms with Crippen LogP contribution in [0.15, 0.2) is 39.9 Å². The Bertz CT molecular complexity index is 1540. The number of nitrogens with zero attached hydrogens (tertiary/aromatic N) is 3. The highest BCUT2D eigenvalue weighted by Crippen LogP contribution is 2.48. The molecule has 0 spiro atoms. The van der Waals surface area contributed by atoms with Crippen LogP contribution in [0.1, 0.15) is 25.0 Å². The average molecular weight is 578 g/mol. The van der Waals surface area contributed by atoms with Gasteiger partial charge in [-0.25, -0.2) is 22.1 Å². The largest absolute Gasteiger partial charge is 0.506 e. The van der Waals surface area contributed by atoms with E-state index >= 15 is 0 Å². The van der Waals surface area contributed by atoms with Crippen molar-refractivity contribution in [3.63, 3.8) is 0 Å². The quantitative estimate of drug-likeness (QED) is 0.294. The Morgan fingerprint density at radius 1 is 1.24 bits per heavy atom. The number of H-pyrrole nitrogens is 1. The lowest BCUT2D eigenvalue weighted by molar-refractivity contribution is -0.119. The molecular weight excluding hydrogens is 563 g/mol. The molecular formula is C20H15Cl2F2N5O7S. The zero-order valence-electron chi connectivity index (χ0n) is 18.2. The zero-order chi connectivity index (χ0) is 27.2.